The molecule has 0 spiro atoms. The van der Waals surface area contributed by atoms with Gasteiger partial charge in [-0.05, 0) is 110 Å². The SMILES string of the molecule is C=C1CC[C@H](O[Si](C)(C)C(C)(C)C)C/C1=C/C=C1\CCC[C@@]2(C)C1CC[C@@H]2[C@H](C)/C=C/[C@H](C)C(C)C. The van der Waals surface area contributed by atoms with Crippen LogP contribution in [0, 0.1) is 35.0 Å². The molecule has 0 aromatic carbocycles. The van der Waals surface area contributed by atoms with E-state index in [9.17, 15) is 0 Å². The second-order valence-electron chi connectivity index (χ2n) is 14.7. The highest BCUT2D eigenvalue weighted by atomic mass is 28.4. The molecule has 2 heteroatoms. The lowest BCUT2D eigenvalue weighted by Gasteiger charge is -2.44. The van der Waals surface area contributed by atoms with Gasteiger partial charge in [-0.3, -0.25) is 0 Å². The Hall–Kier alpha value is -0.863. The summed E-state index contributed by atoms with van der Waals surface area (Å²) in [5, 5.41) is 0.262. The highest BCUT2D eigenvalue weighted by Crippen LogP contribution is 2.59. The summed E-state index contributed by atoms with van der Waals surface area (Å²) in [6, 6.07) is 0. The van der Waals surface area contributed by atoms with Crippen LogP contribution in [-0.2, 0) is 4.43 Å². The van der Waals surface area contributed by atoms with Gasteiger partial charge in [-0.2, -0.15) is 0 Å². The second kappa shape index (κ2) is 11.5. The third kappa shape index (κ3) is 6.58. The molecule has 3 saturated carbocycles. The Morgan fingerprint density at radius 1 is 1.00 bits per heavy atom. The molecule has 0 saturated heterocycles. The highest BCUT2D eigenvalue weighted by Gasteiger charge is 2.50. The number of fused-ring (bicyclic) bond motifs is 1. The van der Waals surface area contributed by atoms with Gasteiger partial charge in [-0.1, -0.05) is 97.4 Å². The summed E-state index contributed by atoms with van der Waals surface area (Å²) in [5.41, 5.74) is 4.94. The maximum absolute atomic E-state index is 6.82. The van der Waals surface area contributed by atoms with Crippen molar-refractivity contribution in [2.24, 2.45) is 35.0 Å². The normalized spacial score (nSPS) is 34.1. The number of hydrogen-bond donors (Lipinski definition) is 0. The number of hydrogen-bond acceptors (Lipinski definition) is 1. The van der Waals surface area contributed by atoms with Crippen molar-refractivity contribution in [3.63, 3.8) is 0 Å². The van der Waals surface area contributed by atoms with E-state index in [4.69, 9.17) is 4.43 Å². The van der Waals surface area contributed by atoms with Crippen molar-refractivity contribution in [2.45, 2.75) is 131 Å². The molecule has 0 heterocycles. The Balaban J connectivity index is 1.73. The average molecular weight is 511 g/mol. The number of rotatable bonds is 7. The van der Waals surface area contributed by atoms with Crippen LogP contribution in [0.4, 0.5) is 0 Å². The first-order chi connectivity index (χ1) is 16.7. The van der Waals surface area contributed by atoms with E-state index < -0.39 is 8.32 Å². The van der Waals surface area contributed by atoms with Crippen LogP contribution in [0.1, 0.15) is 107 Å². The van der Waals surface area contributed by atoms with Crippen molar-refractivity contribution in [1.29, 1.82) is 0 Å². The minimum Gasteiger partial charge on any atom is -0.414 e. The molecule has 0 bridgehead atoms. The van der Waals surface area contributed by atoms with Gasteiger partial charge >= 0.3 is 0 Å². The largest absolute Gasteiger partial charge is 0.414 e. The minimum absolute atomic E-state index is 0.262. The quantitative estimate of drug-likeness (QED) is 0.244. The Morgan fingerprint density at radius 3 is 2.33 bits per heavy atom. The van der Waals surface area contributed by atoms with Crippen LogP contribution in [0.3, 0.4) is 0 Å². The van der Waals surface area contributed by atoms with Crippen LogP contribution in [0.15, 0.2) is 47.6 Å². The van der Waals surface area contributed by atoms with E-state index in [1.165, 1.54) is 43.3 Å². The molecule has 0 aromatic heterocycles. The number of allylic oxidation sites excluding steroid dienone is 6. The molecule has 1 unspecified atom stereocenters. The predicted molar refractivity (Wildman–Crippen MR) is 162 cm³/mol. The Labute approximate surface area is 226 Å². The molecule has 3 fully saturated rings. The van der Waals surface area contributed by atoms with Gasteiger partial charge in [0.2, 0.25) is 0 Å². The third-order valence-corrected chi connectivity index (χ3v) is 15.4. The summed E-state index contributed by atoms with van der Waals surface area (Å²) in [6.45, 7) is 28.4. The summed E-state index contributed by atoms with van der Waals surface area (Å²) in [6.07, 6.45) is 20.4. The average Bonchev–Trinajstić information content (AvgIpc) is 3.14. The first kappa shape index (κ1) is 29.7. The van der Waals surface area contributed by atoms with Crippen LogP contribution in [-0.4, -0.2) is 14.4 Å². The van der Waals surface area contributed by atoms with Crippen LogP contribution < -0.4 is 0 Å². The summed E-state index contributed by atoms with van der Waals surface area (Å²) >= 11 is 0. The molecular formula is C34H58OSi. The molecule has 3 rings (SSSR count). The molecule has 0 aliphatic heterocycles. The van der Waals surface area contributed by atoms with Crippen molar-refractivity contribution in [1.82, 2.24) is 0 Å². The third-order valence-electron chi connectivity index (χ3n) is 10.9. The van der Waals surface area contributed by atoms with Crippen molar-refractivity contribution < 1.29 is 4.43 Å². The van der Waals surface area contributed by atoms with Gasteiger partial charge in [0.25, 0.3) is 0 Å². The van der Waals surface area contributed by atoms with Gasteiger partial charge in [-0.25, -0.2) is 0 Å². The molecule has 36 heavy (non-hydrogen) atoms. The summed E-state index contributed by atoms with van der Waals surface area (Å²) in [5.74, 6) is 3.62. The van der Waals surface area contributed by atoms with Gasteiger partial charge < -0.3 is 4.43 Å². The Morgan fingerprint density at radius 2 is 1.69 bits per heavy atom. The molecule has 0 radical (unpaired) electrons. The monoisotopic (exact) mass is 510 g/mol. The van der Waals surface area contributed by atoms with Gasteiger partial charge in [0.1, 0.15) is 0 Å². The molecule has 0 N–H and O–H groups in total. The zero-order valence-electron chi connectivity index (χ0n) is 25.5. The predicted octanol–water partition coefficient (Wildman–Crippen LogP) is 10.7. The molecule has 6 atom stereocenters. The van der Waals surface area contributed by atoms with E-state index in [1.54, 1.807) is 5.57 Å². The summed E-state index contributed by atoms with van der Waals surface area (Å²) < 4.78 is 6.82. The van der Waals surface area contributed by atoms with E-state index in [1.807, 2.05) is 0 Å². The van der Waals surface area contributed by atoms with E-state index in [0.29, 0.717) is 23.4 Å². The topological polar surface area (TPSA) is 9.23 Å². The lowest BCUT2D eigenvalue weighted by Crippen LogP contribution is -2.44. The molecule has 0 aromatic rings. The van der Waals surface area contributed by atoms with Gasteiger partial charge in [0.15, 0.2) is 8.32 Å². The molecule has 3 aliphatic carbocycles. The van der Waals surface area contributed by atoms with Crippen LogP contribution in [0.2, 0.25) is 18.1 Å². The molecule has 0 amide bonds. The van der Waals surface area contributed by atoms with E-state index in [0.717, 1.165) is 37.0 Å². The maximum atomic E-state index is 6.82. The zero-order chi connectivity index (χ0) is 26.9. The van der Waals surface area contributed by atoms with Crippen molar-refractivity contribution in [3.05, 3.63) is 47.6 Å². The van der Waals surface area contributed by atoms with E-state index in [2.05, 4.69) is 99.4 Å². The fraction of sp³-hybridized carbons (Fsp3) is 0.765. The van der Waals surface area contributed by atoms with Gasteiger partial charge in [-0.15, -0.1) is 0 Å². The fourth-order valence-electron chi connectivity index (χ4n) is 6.93. The van der Waals surface area contributed by atoms with Gasteiger partial charge in [0.05, 0.1) is 0 Å². The van der Waals surface area contributed by atoms with E-state index >= 15 is 0 Å². The molecule has 3 aliphatic rings. The second-order valence-corrected chi connectivity index (χ2v) is 19.5. The van der Waals surface area contributed by atoms with Crippen molar-refractivity contribution >= 4 is 8.32 Å². The standard InChI is InChI=1S/C34H58OSi/c1-24(2)25(3)14-15-27(5)31-20-21-32-28(13-12-22-34(31,32)9)17-18-29-23-30(19-16-26(29)4)35-36(10,11)33(6,7)8/h14-15,17-18,24-25,27,30-32H,4,12-13,16,19-23H2,1-3,5-11H3/b15-14+,28-17+,29-18-/t25-,27+,30-,31+,32?,34+/m0/s1. The maximum Gasteiger partial charge on any atom is 0.192 e. The van der Waals surface area contributed by atoms with Crippen molar-refractivity contribution in [3.8, 4) is 0 Å². The van der Waals surface area contributed by atoms with Crippen LogP contribution >= 0.6 is 0 Å². The minimum atomic E-state index is -1.74. The molecule has 1 nitrogen and oxygen atoms in total. The lowest BCUT2D eigenvalue weighted by atomic mass is 9.61. The van der Waals surface area contributed by atoms with Gasteiger partial charge in [0, 0.05) is 6.10 Å². The fourth-order valence-corrected chi connectivity index (χ4v) is 8.31. The van der Waals surface area contributed by atoms with Crippen molar-refractivity contribution in [2.75, 3.05) is 0 Å². The van der Waals surface area contributed by atoms with Crippen LogP contribution in [0.5, 0.6) is 0 Å². The smallest absolute Gasteiger partial charge is 0.192 e. The first-order valence-corrected chi connectivity index (χ1v) is 18.0. The Kier molecular flexibility index (Phi) is 9.47. The summed E-state index contributed by atoms with van der Waals surface area (Å²) in [7, 11) is -1.74. The highest BCUT2D eigenvalue weighted by molar-refractivity contribution is 6.74. The lowest BCUT2D eigenvalue weighted by molar-refractivity contribution is 0.112. The molecule has 204 valence electrons. The zero-order valence-corrected chi connectivity index (χ0v) is 26.5. The van der Waals surface area contributed by atoms with Crippen LogP contribution in [0.25, 0.3) is 0 Å². The molecular weight excluding hydrogens is 452 g/mol. The Bertz CT molecular complexity index is 866. The van der Waals surface area contributed by atoms with E-state index in [-0.39, 0.29) is 5.04 Å². The summed E-state index contributed by atoms with van der Waals surface area (Å²) in [4.78, 5) is 0. The first-order valence-electron chi connectivity index (χ1n) is 15.1.